The Bertz CT molecular complexity index is 1290. The minimum atomic E-state index is -0.353. The monoisotopic (exact) mass is 426 g/mol. The maximum Gasteiger partial charge on any atom is 0.271 e. The third-order valence-electron chi connectivity index (χ3n) is 4.99. The van der Waals surface area contributed by atoms with Gasteiger partial charge in [0.2, 0.25) is 0 Å². The molecule has 0 aliphatic heterocycles. The molecule has 4 rings (SSSR count). The van der Waals surface area contributed by atoms with Gasteiger partial charge in [-0.2, -0.15) is 5.10 Å². The molecular weight excluding hydrogens is 404 g/mol. The number of aryl methyl sites for hydroxylation is 1. The number of ether oxygens (including phenoxy) is 1. The summed E-state index contributed by atoms with van der Waals surface area (Å²) in [5.74, 6) is 1.21. The molecule has 0 fully saturated rings. The van der Waals surface area contributed by atoms with Gasteiger partial charge in [-0.3, -0.25) is 9.59 Å². The molecule has 7 heteroatoms. The Morgan fingerprint density at radius 2 is 1.75 bits per heavy atom. The largest absolute Gasteiger partial charge is 0.497 e. The number of hydrogen-bond acceptors (Lipinski definition) is 5. The molecule has 0 unspecified atom stereocenters. The fraction of sp³-hybridized carbons (Fsp3) is 0.120. The molecule has 0 atom stereocenters. The first-order valence-corrected chi connectivity index (χ1v) is 10.1. The number of Topliss-reactive ketones (excluding diaryl/α,β-unsaturated/α-hetero) is 1. The number of nitrogens with zero attached hydrogens (tertiary/aromatic N) is 2. The Morgan fingerprint density at radius 3 is 2.47 bits per heavy atom. The third kappa shape index (κ3) is 4.89. The summed E-state index contributed by atoms with van der Waals surface area (Å²) in [5, 5.41) is 3.97. The molecule has 1 aromatic heterocycles. The topological polar surface area (TPSA) is 96.4 Å². The zero-order chi connectivity index (χ0) is 22.5. The van der Waals surface area contributed by atoms with Gasteiger partial charge in [-0.15, -0.1) is 0 Å². The third-order valence-corrected chi connectivity index (χ3v) is 4.99. The van der Waals surface area contributed by atoms with Gasteiger partial charge >= 0.3 is 0 Å². The van der Waals surface area contributed by atoms with E-state index in [9.17, 15) is 9.59 Å². The van der Waals surface area contributed by atoms with Crippen LogP contribution in [-0.2, 0) is 6.42 Å². The van der Waals surface area contributed by atoms with E-state index in [1.807, 2.05) is 49.4 Å². The van der Waals surface area contributed by atoms with Crippen molar-refractivity contribution in [1.82, 2.24) is 15.4 Å². The summed E-state index contributed by atoms with van der Waals surface area (Å²) in [4.78, 5) is 32.5. The van der Waals surface area contributed by atoms with E-state index in [1.165, 1.54) is 0 Å². The van der Waals surface area contributed by atoms with Crippen LogP contribution in [0.15, 0.2) is 71.8 Å². The SMILES string of the molecule is COc1ccc(/C=N/NC(=O)c2ccc(C(=O)Cc3ccc4nc(C)[nH]c4c3)cc2)cc1. The average molecular weight is 426 g/mol. The second-order valence-electron chi connectivity index (χ2n) is 7.32. The number of aromatic nitrogens is 2. The molecule has 4 aromatic rings. The molecule has 2 N–H and O–H groups in total. The molecule has 0 radical (unpaired) electrons. The normalized spacial score (nSPS) is 11.1. The first-order valence-electron chi connectivity index (χ1n) is 10.1. The minimum absolute atomic E-state index is 0.0231. The van der Waals surface area contributed by atoms with E-state index in [0.29, 0.717) is 11.1 Å². The van der Waals surface area contributed by atoms with Crippen molar-refractivity contribution in [3.05, 3.63) is 94.8 Å². The Morgan fingerprint density at radius 1 is 1.03 bits per heavy atom. The summed E-state index contributed by atoms with van der Waals surface area (Å²) in [7, 11) is 1.60. The van der Waals surface area contributed by atoms with Crippen LogP contribution in [-0.4, -0.2) is 35.0 Å². The number of hydrogen-bond donors (Lipinski definition) is 2. The van der Waals surface area contributed by atoms with E-state index in [4.69, 9.17) is 4.74 Å². The fourth-order valence-corrected chi connectivity index (χ4v) is 3.31. The summed E-state index contributed by atoms with van der Waals surface area (Å²) >= 11 is 0. The highest BCUT2D eigenvalue weighted by Crippen LogP contribution is 2.16. The van der Waals surface area contributed by atoms with E-state index < -0.39 is 0 Å². The predicted octanol–water partition coefficient (Wildman–Crippen LogP) is 4.07. The molecule has 3 aromatic carbocycles. The molecule has 32 heavy (non-hydrogen) atoms. The van der Waals surface area contributed by atoms with Gasteiger partial charge in [0, 0.05) is 17.5 Å². The predicted molar refractivity (Wildman–Crippen MR) is 123 cm³/mol. The van der Waals surface area contributed by atoms with Crippen LogP contribution >= 0.6 is 0 Å². The highest BCUT2D eigenvalue weighted by Gasteiger charge is 2.11. The first kappa shape index (κ1) is 21.0. The molecule has 0 aliphatic carbocycles. The number of aromatic amines is 1. The molecule has 7 nitrogen and oxygen atoms in total. The van der Waals surface area contributed by atoms with Crippen molar-refractivity contribution in [1.29, 1.82) is 0 Å². The lowest BCUT2D eigenvalue weighted by atomic mass is 10.0. The van der Waals surface area contributed by atoms with Gasteiger partial charge in [0.25, 0.3) is 5.91 Å². The summed E-state index contributed by atoms with van der Waals surface area (Å²) < 4.78 is 5.11. The maximum absolute atomic E-state index is 12.7. The number of H-pyrrole nitrogens is 1. The Kier molecular flexibility index (Phi) is 6.07. The van der Waals surface area contributed by atoms with Crippen LogP contribution in [0.4, 0.5) is 0 Å². The van der Waals surface area contributed by atoms with Crippen molar-refractivity contribution in [2.75, 3.05) is 7.11 Å². The fourth-order valence-electron chi connectivity index (χ4n) is 3.31. The number of carbonyl (C=O) groups is 2. The summed E-state index contributed by atoms with van der Waals surface area (Å²) in [6.45, 7) is 1.90. The van der Waals surface area contributed by atoms with E-state index in [1.54, 1.807) is 37.6 Å². The number of rotatable bonds is 7. The molecule has 0 spiro atoms. The number of ketones is 1. The molecule has 1 amide bonds. The van der Waals surface area contributed by atoms with Gasteiger partial charge < -0.3 is 9.72 Å². The van der Waals surface area contributed by atoms with Gasteiger partial charge in [0.15, 0.2) is 5.78 Å². The number of carbonyl (C=O) groups excluding carboxylic acids is 2. The van der Waals surface area contributed by atoms with Gasteiger partial charge in [-0.05, 0) is 66.6 Å². The number of methoxy groups -OCH3 is 1. The quantitative estimate of drug-likeness (QED) is 0.264. The highest BCUT2D eigenvalue weighted by molar-refractivity contribution is 6.00. The van der Waals surface area contributed by atoms with Gasteiger partial charge in [0.1, 0.15) is 11.6 Å². The summed E-state index contributed by atoms with van der Waals surface area (Å²) in [6, 6.07) is 19.6. The van der Waals surface area contributed by atoms with Crippen LogP contribution < -0.4 is 10.2 Å². The van der Waals surface area contributed by atoms with E-state index in [0.717, 1.165) is 33.7 Å². The lowest BCUT2D eigenvalue weighted by molar-refractivity contribution is 0.0952. The zero-order valence-electron chi connectivity index (χ0n) is 17.8. The van der Waals surface area contributed by atoms with Gasteiger partial charge in [0.05, 0.1) is 24.4 Å². The Labute approximate surface area is 185 Å². The van der Waals surface area contributed by atoms with Gasteiger partial charge in [-0.25, -0.2) is 10.4 Å². The second kappa shape index (κ2) is 9.26. The van der Waals surface area contributed by atoms with Gasteiger partial charge in [-0.1, -0.05) is 18.2 Å². The number of benzene rings is 3. The number of amides is 1. The molecule has 160 valence electrons. The minimum Gasteiger partial charge on any atom is -0.497 e. The van der Waals surface area contributed by atoms with E-state index in [-0.39, 0.29) is 18.1 Å². The van der Waals surface area contributed by atoms with E-state index >= 15 is 0 Å². The standard InChI is InChI=1S/C25H22N4O3/c1-16-27-22-12-5-18(13-23(22)28-16)14-24(30)19-6-8-20(9-7-19)25(31)29-26-15-17-3-10-21(32-2)11-4-17/h3-13,15H,14H2,1-2H3,(H,27,28)(H,29,31)/b26-15+. The molecule has 0 bridgehead atoms. The summed E-state index contributed by atoms with van der Waals surface area (Å²) in [5.41, 5.74) is 6.98. The van der Waals surface area contributed by atoms with Crippen LogP contribution in [0.2, 0.25) is 0 Å². The zero-order valence-corrected chi connectivity index (χ0v) is 17.8. The van der Waals surface area contributed by atoms with Crippen molar-refractivity contribution < 1.29 is 14.3 Å². The average Bonchev–Trinajstić information content (AvgIpc) is 3.18. The second-order valence-corrected chi connectivity index (χ2v) is 7.32. The molecule has 0 aliphatic rings. The van der Waals surface area contributed by atoms with Crippen molar-refractivity contribution in [2.24, 2.45) is 5.10 Å². The Balaban J connectivity index is 1.36. The number of nitrogens with one attached hydrogen (secondary N) is 2. The van der Waals surface area contributed by atoms with E-state index in [2.05, 4.69) is 20.5 Å². The highest BCUT2D eigenvalue weighted by atomic mass is 16.5. The molecule has 0 saturated heterocycles. The van der Waals surface area contributed by atoms with Crippen molar-refractivity contribution in [2.45, 2.75) is 13.3 Å². The maximum atomic E-state index is 12.7. The van der Waals surface area contributed by atoms with Crippen LogP contribution in [0.25, 0.3) is 11.0 Å². The number of hydrazone groups is 1. The number of fused-ring (bicyclic) bond motifs is 1. The van der Waals surface area contributed by atoms with Crippen LogP contribution in [0.5, 0.6) is 5.75 Å². The number of imidazole rings is 1. The summed E-state index contributed by atoms with van der Waals surface area (Å²) in [6.07, 6.45) is 1.82. The molecule has 1 heterocycles. The molecule has 0 saturated carbocycles. The van der Waals surface area contributed by atoms with Crippen molar-refractivity contribution in [3.8, 4) is 5.75 Å². The molecular formula is C25H22N4O3. The Hall–Kier alpha value is -4.26. The first-order chi connectivity index (χ1) is 15.5. The van der Waals surface area contributed by atoms with Crippen molar-refractivity contribution >= 4 is 28.9 Å². The van der Waals surface area contributed by atoms with Crippen LogP contribution in [0, 0.1) is 6.92 Å². The smallest absolute Gasteiger partial charge is 0.271 e. The lowest BCUT2D eigenvalue weighted by Crippen LogP contribution is -2.17. The van der Waals surface area contributed by atoms with Crippen LogP contribution in [0.3, 0.4) is 0 Å². The lowest BCUT2D eigenvalue weighted by Gasteiger charge is -2.04. The van der Waals surface area contributed by atoms with Crippen molar-refractivity contribution in [3.63, 3.8) is 0 Å². The van der Waals surface area contributed by atoms with Crippen LogP contribution in [0.1, 0.15) is 37.7 Å².